The van der Waals surface area contributed by atoms with Crippen LogP contribution in [0.1, 0.15) is 21.5 Å². The number of rotatable bonds is 6. The summed E-state index contributed by atoms with van der Waals surface area (Å²) >= 11 is 0. The number of nitro benzene ring substituents is 1. The number of para-hydroxylation sites is 1. The molecule has 0 aliphatic rings. The highest BCUT2D eigenvalue weighted by molar-refractivity contribution is 6.13. The smallest absolute Gasteiger partial charge is 0.275 e. The van der Waals surface area contributed by atoms with Gasteiger partial charge < -0.3 is 10.1 Å². The number of fused-ring (bicyclic) bond motifs is 1. The monoisotopic (exact) mass is 493 g/mol. The van der Waals surface area contributed by atoms with Crippen LogP contribution in [0.25, 0.3) is 22.2 Å². The number of hydrogen-bond donors (Lipinski definition) is 1. The van der Waals surface area contributed by atoms with Crippen molar-refractivity contribution in [1.82, 2.24) is 14.8 Å². The molecule has 5 rings (SSSR count). The van der Waals surface area contributed by atoms with Crippen LogP contribution in [0.4, 0.5) is 11.4 Å². The summed E-state index contributed by atoms with van der Waals surface area (Å²) in [6.07, 6.45) is 3.49. The number of benzene rings is 3. The Morgan fingerprint density at radius 2 is 1.73 bits per heavy atom. The maximum atomic E-state index is 13.5. The van der Waals surface area contributed by atoms with Gasteiger partial charge in [0.15, 0.2) is 0 Å². The summed E-state index contributed by atoms with van der Waals surface area (Å²) in [4.78, 5) is 29.3. The molecule has 1 amide bonds. The highest BCUT2D eigenvalue weighted by Crippen LogP contribution is 2.32. The molecule has 0 bridgehead atoms. The number of ether oxygens (including phenoxy) is 1. The van der Waals surface area contributed by atoms with Crippen molar-refractivity contribution in [2.75, 3.05) is 5.32 Å². The van der Waals surface area contributed by atoms with E-state index in [1.165, 1.54) is 12.1 Å². The number of aromatic nitrogens is 3. The quantitative estimate of drug-likeness (QED) is 0.222. The molecular weight excluding hydrogens is 470 g/mol. The lowest BCUT2D eigenvalue weighted by molar-refractivity contribution is -0.384. The Kier molecular flexibility index (Phi) is 6.10. The van der Waals surface area contributed by atoms with Crippen LogP contribution in [-0.2, 0) is 7.05 Å². The fourth-order valence-corrected chi connectivity index (χ4v) is 4.21. The van der Waals surface area contributed by atoms with Gasteiger partial charge in [-0.2, -0.15) is 5.10 Å². The molecule has 0 radical (unpaired) electrons. The zero-order valence-corrected chi connectivity index (χ0v) is 20.4. The lowest BCUT2D eigenvalue weighted by Gasteiger charge is -2.12. The van der Waals surface area contributed by atoms with E-state index >= 15 is 0 Å². The van der Waals surface area contributed by atoms with E-state index in [1.807, 2.05) is 62.5 Å². The fourth-order valence-electron chi connectivity index (χ4n) is 4.21. The van der Waals surface area contributed by atoms with Crippen LogP contribution in [0.2, 0.25) is 0 Å². The van der Waals surface area contributed by atoms with Crippen LogP contribution >= 0.6 is 0 Å². The molecule has 37 heavy (non-hydrogen) atoms. The molecule has 9 nitrogen and oxygen atoms in total. The predicted molar refractivity (Wildman–Crippen MR) is 141 cm³/mol. The first kappa shape index (κ1) is 23.7. The van der Waals surface area contributed by atoms with Gasteiger partial charge in [0.25, 0.3) is 11.6 Å². The van der Waals surface area contributed by atoms with Gasteiger partial charge in [-0.05, 0) is 49.2 Å². The van der Waals surface area contributed by atoms with Crippen LogP contribution in [-0.4, -0.2) is 25.6 Å². The summed E-state index contributed by atoms with van der Waals surface area (Å²) in [5, 5.41) is 19.3. The van der Waals surface area contributed by atoms with E-state index in [2.05, 4.69) is 15.4 Å². The van der Waals surface area contributed by atoms with E-state index in [9.17, 15) is 14.9 Å². The van der Waals surface area contributed by atoms with Gasteiger partial charge in [-0.3, -0.25) is 19.6 Å². The molecule has 0 aliphatic carbocycles. The maximum Gasteiger partial charge on any atom is 0.275 e. The van der Waals surface area contributed by atoms with Crippen molar-refractivity contribution in [3.05, 3.63) is 106 Å². The van der Waals surface area contributed by atoms with Gasteiger partial charge in [-0.25, -0.2) is 4.98 Å². The highest BCUT2D eigenvalue weighted by atomic mass is 16.6. The number of nitrogens with zero attached hydrogens (tertiary/aromatic N) is 4. The van der Waals surface area contributed by atoms with Gasteiger partial charge in [-0.1, -0.05) is 24.3 Å². The van der Waals surface area contributed by atoms with E-state index < -0.39 is 10.8 Å². The SMILES string of the molecule is Cc1cc(C)cc(Oc2cc(NC(=O)c3cc(-c4cnn(C)c4)nc4ccccc34)cc([N+](=O)[O-])c2)c1. The van der Waals surface area contributed by atoms with Crippen LogP contribution in [0, 0.1) is 24.0 Å². The molecule has 5 aromatic rings. The number of hydrogen-bond acceptors (Lipinski definition) is 6. The van der Waals surface area contributed by atoms with E-state index in [0.717, 1.165) is 16.7 Å². The summed E-state index contributed by atoms with van der Waals surface area (Å²) in [6, 6.07) is 18.9. The van der Waals surface area contributed by atoms with Crippen molar-refractivity contribution in [3.8, 4) is 22.8 Å². The largest absolute Gasteiger partial charge is 0.457 e. The van der Waals surface area contributed by atoms with Crippen molar-refractivity contribution >= 4 is 28.2 Å². The summed E-state index contributed by atoms with van der Waals surface area (Å²) < 4.78 is 7.59. The minimum absolute atomic E-state index is 0.201. The molecule has 1 N–H and O–H groups in total. The molecule has 0 saturated carbocycles. The molecule has 3 aromatic carbocycles. The van der Waals surface area contributed by atoms with Gasteiger partial charge in [0.05, 0.1) is 39.6 Å². The third kappa shape index (κ3) is 5.15. The second kappa shape index (κ2) is 9.54. The third-order valence-corrected chi connectivity index (χ3v) is 5.75. The van der Waals surface area contributed by atoms with Crippen molar-refractivity contribution in [3.63, 3.8) is 0 Å². The Morgan fingerprint density at radius 1 is 1.00 bits per heavy atom. The number of carbonyl (C=O) groups is 1. The van der Waals surface area contributed by atoms with Crippen molar-refractivity contribution in [2.45, 2.75) is 13.8 Å². The molecular formula is C28H23N5O4. The maximum absolute atomic E-state index is 13.5. The molecule has 9 heteroatoms. The Bertz CT molecular complexity index is 1650. The first-order valence-electron chi connectivity index (χ1n) is 11.5. The minimum atomic E-state index is -0.521. The lowest BCUT2D eigenvalue weighted by Crippen LogP contribution is -2.13. The molecule has 2 aromatic heterocycles. The summed E-state index contributed by atoms with van der Waals surface area (Å²) in [5.74, 6) is 0.364. The average Bonchev–Trinajstić information content (AvgIpc) is 3.28. The molecule has 0 aliphatic heterocycles. The number of aryl methyl sites for hydroxylation is 3. The van der Waals surface area contributed by atoms with Crippen LogP contribution < -0.4 is 10.1 Å². The molecule has 0 fully saturated rings. The number of nitrogens with one attached hydrogen (secondary N) is 1. The summed E-state index contributed by atoms with van der Waals surface area (Å²) in [5.41, 5.74) is 4.43. The van der Waals surface area contributed by atoms with Gasteiger partial charge >= 0.3 is 0 Å². The van der Waals surface area contributed by atoms with Gasteiger partial charge in [0, 0.05) is 36.3 Å². The topological polar surface area (TPSA) is 112 Å². The first-order chi connectivity index (χ1) is 17.7. The number of non-ortho nitro benzene ring substituents is 1. The standard InChI is InChI=1S/C28H23N5O4/c1-17-8-18(2)10-22(9-17)37-23-12-20(11-21(13-23)33(35)36)30-28(34)25-14-27(19-15-29-32(3)16-19)31-26-7-5-4-6-24(25)26/h4-16H,1-3H3,(H,30,34). The van der Waals surface area contributed by atoms with Gasteiger partial charge in [0.1, 0.15) is 11.5 Å². The number of amides is 1. The third-order valence-electron chi connectivity index (χ3n) is 5.75. The van der Waals surface area contributed by atoms with E-state index in [-0.39, 0.29) is 17.1 Å². The molecule has 184 valence electrons. The molecule has 0 saturated heterocycles. The summed E-state index contributed by atoms with van der Waals surface area (Å²) in [7, 11) is 1.80. The van der Waals surface area contributed by atoms with Gasteiger partial charge in [0.2, 0.25) is 0 Å². The molecule has 2 heterocycles. The number of carbonyl (C=O) groups excluding carboxylic acids is 1. The van der Waals surface area contributed by atoms with Crippen LogP contribution in [0.3, 0.4) is 0 Å². The Morgan fingerprint density at radius 3 is 2.43 bits per heavy atom. The fraction of sp³-hybridized carbons (Fsp3) is 0.107. The minimum Gasteiger partial charge on any atom is -0.457 e. The van der Waals surface area contributed by atoms with Crippen LogP contribution in [0.5, 0.6) is 11.5 Å². The lowest BCUT2D eigenvalue weighted by atomic mass is 10.0. The number of nitro groups is 1. The zero-order chi connectivity index (χ0) is 26.1. The Labute approximate surface area is 212 Å². The normalized spacial score (nSPS) is 10.9. The highest BCUT2D eigenvalue weighted by Gasteiger charge is 2.18. The Balaban J connectivity index is 1.52. The zero-order valence-electron chi connectivity index (χ0n) is 20.4. The first-order valence-corrected chi connectivity index (χ1v) is 11.5. The second-order valence-corrected chi connectivity index (χ2v) is 8.83. The van der Waals surface area contributed by atoms with Gasteiger partial charge in [-0.15, -0.1) is 0 Å². The van der Waals surface area contributed by atoms with Crippen LogP contribution in [0.15, 0.2) is 79.1 Å². The van der Waals surface area contributed by atoms with E-state index in [1.54, 1.807) is 30.1 Å². The predicted octanol–water partition coefficient (Wildman–Crippen LogP) is 6.20. The molecule has 0 spiro atoms. The van der Waals surface area contributed by atoms with E-state index in [0.29, 0.717) is 27.9 Å². The van der Waals surface area contributed by atoms with Crippen molar-refractivity contribution in [2.24, 2.45) is 7.05 Å². The van der Waals surface area contributed by atoms with Crippen molar-refractivity contribution in [1.29, 1.82) is 0 Å². The molecule has 0 unspecified atom stereocenters. The second-order valence-electron chi connectivity index (χ2n) is 8.83. The molecule has 0 atom stereocenters. The number of pyridine rings is 1. The van der Waals surface area contributed by atoms with E-state index in [4.69, 9.17) is 4.74 Å². The van der Waals surface area contributed by atoms with Crippen molar-refractivity contribution < 1.29 is 14.5 Å². The summed E-state index contributed by atoms with van der Waals surface area (Å²) in [6.45, 7) is 3.88. The number of anilines is 1. The average molecular weight is 494 g/mol. The Hall–Kier alpha value is -5.05.